The van der Waals surface area contributed by atoms with Crippen molar-refractivity contribution in [1.82, 2.24) is 0 Å². The molecule has 2 unspecified atom stereocenters. The van der Waals surface area contributed by atoms with E-state index in [1.54, 1.807) is 7.11 Å². The van der Waals surface area contributed by atoms with Crippen LogP contribution in [0.15, 0.2) is 30.3 Å². The minimum Gasteiger partial charge on any atom is -0.461 e. The van der Waals surface area contributed by atoms with E-state index in [1.165, 1.54) is 0 Å². The van der Waals surface area contributed by atoms with Crippen LogP contribution in [0.1, 0.15) is 24.8 Å². The molecule has 92 valence electrons. The molecule has 1 fully saturated rings. The molecule has 1 saturated carbocycles. The Labute approximate surface area is 102 Å². The van der Waals surface area contributed by atoms with Crippen molar-refractivity contribution < 1.29 is 14.3 Å². The van der Waals surface area contributed by atoms with Crippen LogP contribution in [0, 0.1) is 5.92 Å². The predicted molar refractivity (Wildman–Crippen MR) is 64.4 cm³/mol. The number of benzene rings is 1. The average Bonchev–Trinajstić information content (AvgIpc) is 2.86. The van der Waals surface area contributed by atoms with Crippen LogP contribution in [0.4, 0.5) is 0 Å². The van der Waals surface area contributed by atoms with Gasteiger partial charge in [-0.15, -0.1) is 0 Å². The molecule has 17 heavy (non-hydrogen) atoms. The quantitative estimate of drug-likeness (QED) is 0.751. The van der Waals surface area contributed by atoms with Gasteiger partial charge in [-0.05, 0) is 24.8 Å². The Morgan fingerprint density at radius 3 is 2.71 bits per heavy atom. The second kappa shape index (κ2) is 5.82. The van der Waals surface area contributed by atoms with Crippen molar-refractivity contribution in [3.8, 4) is 0 Å². The summed E-state index contributed by atoms with van der Waals surface area (Å²) in [6, 6.07) is 9.75. The van der Waals surface area contributed by atoms with E-state index in [0.29, 0.717) is 6.61 Å². The standard InChI is InChI=1S/C14H18O3/c1-16-13-8-7-12(9-13)14(15)17-10-11-5-3-2-4-6-11/h2-6,12-13H,7-10H2,1H3. The van der Waals surface area contributed by atoms with E-state index in [-0.39, 0.29) is 18.0 Å². The van der Waals surface area contributed by atoms with Gasteiger partial charge in [-0.25, -0.2) is 0 Å². The Morgan fingerprint density at radius 2 is 2.06 bits per heavy atom. The van der Waals surface area contributed by atoms with Gasteiger partial charge in [0.2, 0.25) is 0 Å². The highest BCUT2D eigenvalue weighted by Gasteiger charge is 2.30. The molecule has 0 saturated heterocycles. The van der Waals surface area contributed by atoms with Crippen LogP contribution in [-0.4, -0.2) is 19.2 Å². The molecule has 2 atom stereocenters. The van der Waals surface area contributed by atoms with Crippen molar-refractivity contribution in [3.05, 3.63) is 35.9 Å². The van der Waals surface area contributed by atoms with Crippen molar-refractivity contribution in [2.75, 3.05) is 7.11 Å². The van der Waals surface area contributed by atoms with Gasteiger partial charge in [-0.2, -0.15) is 0 Å². The summed E-state index contributed by atoms with van der Waals surface area (Å²) in [6.45, 7) is 0.369. The molecule has 1 aromatic rings. The fourth-order valence-electron chi connectivity index (χ4n) is 2.21. The van der Waals surface area contributed by atoms with Crippen LogP contribution < -0.4 is 0 Å². The molecular weight excluding hydrogens is 216 g/mol. The summed E-state index contributed by atoms with van der Waals surface area (Å²) in [5, 5.41) is 0. The molecule has 1 aliphatic rings. The fourth-order valence-corrected chi connectivity index (χ4v) is 2.21. The van der Waals surface area contributed by atoms with E-state index < -0.39 is 0 Å². The third-order valence-electron chi connectivity index (χ3n) is 3.28. The zero-order valence-corrected chi connectivity index (χ0v) is 10.1. The summed E-state index contributed by atoms with van der Waals surface area (Å²) in [4.78, 5) is 11.8. The van der Waals surface area contributed by atoms with Gasteiger partial charge in [-0.1, -0.05) is 30.3 Å². The van der Waals surface area contributed by atoms with E-state index in [2.05, 4.69) is 0 Å². The summed E-state index contributed by atoms with van der Waals surface area (Å²) >= 11 is 0. The first kappa shape index (κ1) is 12.1. The van der Waals surface area contributed by atoms with Crippen LogP contribution in [-0.2, 0) is 20.9 Å². The normalized spacial score (nSPS) is 23.6. The Morgan fingerprint density at radius 1 is 1.29 bits per heavy atom. The number of hydrogen-bond acceptors (Lipinski definition) is 3. The SMILES string of the molecule is COC1CCC(C(=O)OCc2ccccc2)C1. The lowest BCUT2D eigenvalue weighted by Gasteiger charge is -2.10. The molecular formula is C14H18O3. The highest BCUT2D eigenvalue weighted by atomic mass is 16.5. The molecule has 0 radical (unpaired) electrons. The minimum absolute atomic E-state index is 0.0173. The van der Waals surface area contributed by atoms with Crippen molar-refractivity contribution in [2.45, 2.75) is 32.0 Å². The molecule has 1 aliphatic carbocycles. The van der Waals surface area contributed by atoms with Crippen LogP contribution in [0.2, 0.25) is 0 Å². The topological polar surface area (TPSA) is 35.5 Å². The Kier molecular flexibility index (Phi) is 4.15. The van der Waals surface area contributed by atoms with Crippen LogP contribution in [0.25, 0.3) is 0 Å². The van der Waals surface area contributed by atoms with Gasteiger partial charge < -0.3 is 9.47 Å². The number of carbonyl (C=O) groups is 1. The summed E-state index contributed by atoms with van der Waals surface area (Å²) in [6.07, 6.45) is 2.86. The van der Waals surface area contributed by atoms with Crippen molar-refractivity contribution >= 4 is 5.97 Å². The predicted octanol–water partition coefficient (Wildman–Crippen LogP) is 2.54. The Bertz CT molecular complexity index is 361. The summed E-state index contributed by atoms with van der Waals surface area (Å²) < 4.78 is 10.6. The Hall–Kier alpha value is -1.35. The van der Waals surface area contributed by atoms with Gasteiger partial charge in [0.05, 0.1) is 12.0 Å². The molecule has 3 nitrogen and oxygen atoms in total. The molecule has 0 spiro atoms. The minimum atomic E-state index is -0.0894. The molecule has 0 aromatic heterocycles. The monoisotopic (exact) mass is 234 g/mol. The third kappa shape index (κ3) is 3.30. The number of rotatable bonds is 4. The van der Waals surface area contributed by atoms with Gasteiger partial charge in [0, 0.05) is 7.11 Å². The maximum atomic E-state index is 11.8. The number of carbonyl (C=O) groups excluding carboxylic acids is 1. The summed E-state index contributed by atoms with van der Waals surface area (Å²) in [5.41, 5.74) is 1.03. The highest BCUT2D eigenvalue weighted by molar-refractivity contribution is 5.72. The van der Waals surface area contributed by atoms with Crippen LogP contribution >= 0.6 is 0 Å². The fraction of sp³-hybridized carbons (Fsp3) is 0.500. The van der Waals surface area contributed by atoms with Crippen LogP contribution in [0.3, 0.4) is 0 Å². The largest absolute Gasteiger partial charge is 0.461 e. The lowest BCUT2D eigenvalue weighted by molar-refractivity contribution is -0.150. The van der Waals surface area contributed by atoms with Crippen LogP contribution in [0.5, 0.6) is 0 Å². The summed E-state index contributed by atoms with van der Waals surface area (Å²) in [7, 11) is 1.70. The molecule has 0 bridgehead atoms. The lowest BCUT2D eigenvalue weighted by atomic mass is 10.1. The second-order valence-electron chi connectivity index (χ2n) is 4.46. The van der Waals surface area contributed by atoms with Crippen molar-refractivity contribution in [3.63, 3.8) is 0 Å². The lowest BCUT2D eigenvalue weighted by Crippen LogP contribution is -2.16. The second-order valence-corrected chi connectivity index (χ2v) is 4.46. The molecule has 0 heterocycles. The highest BCUT2D eigenvalue weighted by Crippen LogP contribution is 2.28. The number of hydrogen-bond donors (Lipinski definition) is 0. The smallest absolute Gasteiger partial charge is 0.309 e. The molecule has 1 aromatic carbocycles. The van der Waals surface area contributed by atoms with Gasteiger partial charge in [0.15, 0.2) is 0 Å². The molecule has 0 aliphatic heterocycles. The van der Waals surface area contributed by atoms with E-state index in [0.717, 1.165) is 24.8 Å². The first-order chi connectivity index (χ1) is 8.29. The van der Waals surface area contributed by atoms with E-state index in [1.807, 2.05) is 30.3 Å². The maximum Gasteiger partial charge on any atom is 0.309 e. The Balaban J connectivity index is 1.78. The average molecular weight is 234 g/mol. The molecule has 2 rings (SSSR count). The number of esters is 1. The third-order valence-corrected chi connectivity index (χ3v) is 3.28. The van der Waals surface area contributed by atoms with Crippen molar-refractivity contribution in [2.24, 2.45) is 5.92 Å². The maximum absolute atomic E-state index is 11.8. The first-order valence-corrected chi connectivity index (χ1v) is 6.03. The first-order valence-electron chi connectivity index (χ1n) is 6.03. The molecule has 0 N–H and O–H groups in total. The molecule has 3 heteroatoms. The molecule has 0 amide bonds. The number of ether oxygens (including phenoxy) is 2. The zero-order chi connectivity index (χ0) is 12.1. The van der Waals surface area contributed by atoms with Gasteiger partial charge >= 0.3 is 5.97 Å². The van der Waals surface area contributed by atoms with Crippen molar-refractivity contribution in [1.29, 1.82) is 0 Å². The van der Waals surface area contributed by atoms with E-state index in [9.17, 15) is 4.79 Å². The van der Waals surface area contributed by atoms with E-state index >= 15 is 0 Å². The van der Waals surface area contributed by atoms with Gasteiger partial charge in [0.25, 0.3) is 0 Å². The zero-order valence-electron chi connectivity index (χ0n) is 10.1. The number of methoxy groups -OCH3 is 1. The van der Waals surface area contributed by atoms with Gasteiger partial charge in [-0.3, -0.25) is 4.79 Å². The van der Waals surface area contributed by atoms with Gasteiger partial charge in [0.1, 0.15) is 6.61 Å². The summed E-state index contributed by atoms with van der Waals surface area (Å²) in [5.74, 6) is -0.0722. The van der Waals surface area contributed by atoms with E-state index in [4.69, 9.17) is 9.47 Å².